The minimum absolute atomic E-state index is 0.123. The van der Waals surface area contributed by atoms with Crippen LogP contribution >= 0.6 is 0 Å². The second-order valence-electron chi connectivity index (χ2n) is 9.12. The average Bonchev–Trinajstić information content (AvgIpc) is 3.42. The summed E-state index contributed by atoms with van der Waals surface area (Å²) in [5.41, 5.74) is 0.910. The summed E-state index contributed by atoms with van der Waals surface area (Å²) in [6.07, 6.45) is 1.48. The highest BCUT2D eigenvalue weighted by atomic mass is 19.4. The maximum Gasteiger partial charge on any atom is 0.433 e. The van der Waals surface area contributed by atoms with Gasteiger partial charge >= 0.3 is 6.18 Å². The number of H-pyrrole nitrogens is 1. The number of halogens is 3. The minimum atomic E-state index is -4.76. The summed E-state index contributed by atoms with van der Waals surface area (Å²) in [6.45, 7) is 1.05. The number of amides is 1. The molecule has 9 nitrogen and oxygen atoms in total. The third kappa shape index (κ3) is 4.86. The molecule has 1 amide bonds. The maximum atomic E-state index is 14.3. The predicted molar refractivity (Wildman–Crippen MR) is 132 cm³/mol. The number of aromatic nitrogens is 5. The van der Waals surface area contributed by atoms with E-state index in [0.29, 0.717) is 27.9 Å². The van der Waals surface area contributed by atoms with Gasteiger partial charge in [-0.05, 0) is 31.9 Å². The topological polar surface area (TPSA) is 118 Å². The molecule has 0 radical (unpaired) electrons. The average molecular weight is 527 g/mol. The second kappa shape index (κ2) is 9.93. The number of rotatable bonds is 8. The van der Waals surface area contributed by atoms with E-state index in [1.54, 1.807) is 30.5 Å². The number of aliphatic hydroxyl groups is 1. The molecule has 1 aromatic carbocycles. The fraction of sp³-hybridized carbons (Fsp3) is 0.308. The minimum Gasteiger partial charge on any atom is -0.495 e. The Morgan fingerprint density at radius 2 is 2.05 bits per heavy atom. The Labute approximate surface area is 215 Å². The molecule has 198 valence electrons. The monoisotopic (exact) mass is 526 g/mol. The molecule has 1 atom stereocenters. The van der Waals surface area contributed by atoms with E-state index < -0.39 is 18.0 Å². The van der Waals surface area contributed by atoms with Crippen LogP contribution in [0.4, 0.5) is 13.2 Å². The number of alkyl halides is 3. The van der Waals surface area contributed by atoms with Gasteiger partial charge in [0.25, 0.3) is 5.91 Å². The molecular formula is C26H25F3N6O3. The largest absolute Gasteiger partial charge is 0.495 e. The molecule has 0 spiro atoms. The van der Waals surface area contributed by atoms with Crippen molar-refractivity contribution in [3.05, 3.63) is 60.4 Å². The highest BCUT2D eigenvalue weighted by Crippen LogP contribution is 2.46. The quantitative estimate of drug-likeness (QED) is 0.315. The number of ether oxygens (including phenoxy) is 1. The van der Waals surface area contributed by atoms with E-state index in [2.05, 4.69) is 25.4 Å². The zero-order chi connectivity index (χ0) is 27.0. The molecule has 0 aliphatic heterocycles. The van der Waals surface area contributed by atoms with Crippen LogP contribution in [-0.4, -0.2) is 55.0 Å². The van der Waals surface area contributed by atoms with Crippen LogP contribution in [0.1, 0.15) is 35.8 Å². The van der Waals surface area contributed by atoms with Crippen molar-refractivity contribution >= 4 is 5.91 Å². The summed E-state index contributed by atoms with van der Waals surface area (Å²) in [6, 6.07) is 6.77. The Morgan fingerprint density at radius 3 is 2.68 bits per heavy atom. The molecule has 0 unspecified atom stereocenters. The van der Waals surface area contributed by atoms with Gasteiger partial charge in [0, 0.05) is 40.7 Å². The first kappa shape index (κ1) is 25.5. The van der Waals surface area contributed by atoms with Gasteiger partial charge in [-0.2, -0.15) is 18.3 Å². The first-order valence-electron chi connectivity index (χ1n) is 12.0. The van der Waals surface area contributed by atoms with E-state index >= 15 is 0 Å². The normalized spacial score (nSPS) is 14.4. The van der Waals surface area contributed by atoms with Crippen LogP contribution in [0.15, 0.2) is 49.2 Å². The van der Waals surface area contributed by atoms with Gasteiger partial charge in [-0.25, -0.2) is 9.97 Å². The van der Waals surface area contributed by atoms with Gasteiger partial charge in [-0.15, -0.1) is 0 Å². The number of nitrogens with one attached hydrogen (secondary N) is 2. The maximum absolute atomic E-state index is 14.3. The van der Waals surface area contributed by atoms with Gasteiger partial charge < -0.3 is 20.1 Å². The molecule has 4 aromatic rings. The number of carbonyl (C=O) groups excluding carboxylic acids is 1. The number of para-hydroxylation sites is 1. The smallest absolute Gasteiger partial charge is 0.433 e. The molecule has 38 heavy (non-hydrogen) atoms. The van der Waals surface area contributed by atoms with Crippen molar-refractivity contribution in [2.24, 2.45) is 0 Å². The predicted octanol–water partition coefficient (Wildman–Crippen LogP) is 4.30. The van der Waals surface area contributed by atoms with Crippen molar-refractivity contribution < 1.29 is 27.8 Å². The molecule has 3 N–H and O–H groups in total. The van der Waals surface area contributed by atoms with Gasteiger partial charge in [0.1, 0.15) is 12.1 Å². The number of carbonyl (C=O) groups is 1. The van der Waals surface area contributed by atoms with Gasteiger partial charge in [0.05, 0.1) is 42.9 Å². The van der Waals surface area contributed by atoms with Crippen molar-refractivity contribution in [2.45, 2.75) is 44.6 Å². The molecule has 0 bridgehead atoms. The van der Waals surface area contributed by atoms with E-state index in [4.69, 9.17) is 4.74 Å². The lowest BCUT2D eigenvalue weighted by Gasteiger charge is -2.16. The van der Waals surface area contributed by atoms with Crippen molar-refractivity contribution in [1.82, 2.24) is 30.0 Å². The molecular weight excluding hydrogens is 501 g/mol. The number of aromatic amines is 1. The fourth-order valence-electron chi connectivity index (χ4n) is 4.45. The molecule has 1 fully saturated rings. The van der Waals surface area contributed by atoms with Crippen LogP contribution in [0.2, 0.25) is 0 Å². The molecule has 3 heterocycles. The van der Waals surface area contributed by atoms with Crippen molar-refractivity contribution in [1.29, 1.82) is 0 Å². The van der Waals surface area contributed by atoms with Crippen molar-refractivity contribution in [2.75, 3.05) is 7.11 Å². The molecule has 1 saturated carbocycles. The zero-order valence-corrected chi connectivity index (χ0v) is 20.6. The molecule has 12 heteroatoms. The van der Waals surface area contributed by atoms with E-state index in [1.165, 1.54) is 26.6 Å². The number of nitrogens with zero attached hydrogens (tertiary/aromatic N) is 4. The van der Waals surface area contributed by atoms with E-state index in [9.17, 15) is 23.1 Å². The van der Waals surface area contributed by atoms with Crippen LogP contribution in [0, 0.1) is 0 Å². The summed E-state index contributed by atoms with van der Waals surface area (Å²) in [4.78, 5) is 24.1. The zero-order valence-electron chi connectivity index (χ0n) is 20.6. The van der Waals surface area contributed by atoms with Crippen molar-refractivity contribution in [3.8, 4) is 39.4 Å². The van der Waals surface area contributed by atoms with Crippen LogP contribution in [0.3, 0.4) is 0 Å². The van der Waals surface area contributed by atoms with Gasteiger partial charge in [-0.1, -0.05) is 12.1 Å². The highest BCUT2D eigenvalue weighted by molar-refractivity contribution is 6.02. The third-order valence-electron chi connectivity index (χ3n) is 6.20. The fourth-order valence-corrected chi connectivity index (χ4v) is 4.45. The van der Waals surface area contributed by atoms with E-state index in [-0.39, 0.29) is 35.5 Å². The molecule has 1 aliphatic carbocycles. The van der Waals surface area contributed by atoms with Gasteiger partial charge in [0.15, 0.2) is 5.69 Å². The Bertz CT molecular complexity index is 1460. The summed E-state index contributed by atoms with van der Waals surface area (Å²) >= 11 is 0. The van der Waals surface area contributed by atoms with Crippen molar-refractivity contribution in [3.63, 3.8) is 0 Å². The Hall–Kier alpha value is -4.19. The van der Waals surface area contributed by atoms with E-state index in [0.717, 1.165) is 23.7 Å². The van der Waals surface area contributed by atoms with Crippen LogP contribution < -0.4 is 10.1 Å². The van der Waals surface area contributed by atoms with Crippen LogP contribution in [-0.2, 0) is 12.7 Å². The van der Waals surface area contributed by atoms with E-state index in [1.807, 2.05) is 0 Å². The summed E-state index contributed by atoms with van der Waals surface area (Å²) in [5, 5.41) is 16.6. The number of hydrogen-bond donors (Lipinski definition) is 3. The first-order valence-corrected chi connectivity index (χ1v) is 12.0. The highest BCUT2D eigenvalue weighted by Gasteiger charge is 2.40. The second-order valence-corrected chi connectivity index (χ2v) is 9.12. The third-order valence-corrected chi connectivity index (χ3v) is 6.20. The Kier molecular flexibility index (Phi) is 6.66. The van der Waals surface area contributed by atoms with Crippen LogP contribution in [0.25, 0.3) is 33.6 Å². The van der Waals surface area contributed by atoms with Crippen LogP contribution in [0.5, 0.6) is 5.75 Å². The molecule has 5 rings (SSSR count). The summed E-state index contributed by atoms with van der Waals surface area (Å²) in [7, 11) is 1.44. The lowest BCUT2D eigenvalue weighted by Crippen LogP contribution is -2.25. The lowest BCUT2D eigenvalue weighted by molar-refractivity contribution is -0.144. The Morgan fingerprint density at radius 1 is 1.26 bits per heavy atom. The molecule has 3 aromatic heterocycles. The number of aliphatic hydroxyl groups excluding tert-OH is 1. The molecule has 0 saturated heterocycles. The summed E-state index contributed by atoms with van der Waals surface area (Å²) in [5.74, 6) is -0.00310. The first-order chi connectivity index (χ1) is 18.2. The number of methoxy groups -OCH3 is 1. The lowest BCUT2D eigenvalue weighted by atomic mass is 9.95. The SMILES string of the molecule is COc1c(C(=O)NC2CC2)cccc1-c1c[nH]c(-c2cnn(C[C@@H](C)O)c2C(F)(F)F)c1-c1ccncn1. The number of benzene rings is 1. The standard InChI is InChI=1S/C26H25F3N6O3/c1-14(36)12-35-24(26(27,28)29)19(11-33-35)22-21(20-8-9-30-13-32-20)18(10-31-22)16-4-3-5-17(23(16)38-2)25(37)34-15-6-7-15/h3-5,8-11,13-15,31,36H,6-7,12H2,1-2H3,(H,34,37)/t14-/m1/s1. The van der Waals surface area contributed by atoms with Gasteiger partial charge in [-0.3, -0.25) is 9.48 Å². The molecule has 1 aliphatic rings. The van der Waals surface area contributed by atoms with Gasteiger partial charge in [0.2, 0.25) is 0 Å². The Balaban J connectivity index is 1.72. The summed E-state index contributed by atoms with van der Waals surface area (Å²) < 4.78 is 49.2. The number of hydrogen-bond acceptors (Lipinski definition) is 6.